The number of carboxylic acid groups (broad SMARTS) is 1. The number of hydrogen-bond donors (Lipinski definition) is 2. The first-order chi connectivity index (χ1) is 9.27. The Kier molecular flexibility index (Phi) is 3.15. The number of carbonyl (C=O) groups is 1. The third-order valence-electron chi connectivity index (χ3n) is 3.82. The molecule has 1 fully saturated rings. The van der Waals surface area contributed by atoms with Gasteiger partial charge in [0.15, 0.2) is 0 Å². The lowest BCUT2D eigenvalue weighted by Gasteiger charge is -2.21. The van der Waals surface area contributed by atoms with E-state index >= 15 is 0 Å². The van der Waals surface area contributed by atoms with Crippen LogP contribution in [0, 0.1) is 0 Å². The van der Waals surface area contributed by atoms with Crippen LogP contribution >= 0.6 is 0 Å². The molecule has 1 aliphatic heterocycles. The highest BCUT2D eigenvalue weighted by Gasteiger charge is 2.22. The minimum atomic E-state index is -0.850. The van der Waals surface area contributed by atoms with Crippen molar-refractivity contribution < 1.29 is 9.90 Å². The molecular formula is C15H18N2O2. The number of nitrogens with zero attached hydrogens (tertiary/aromatic N) is 1. The highest BCUT2D eigenvalue weighted by molar-refractivity contribution is 6.08. The number of anilines is 1. The molecule has 19 heavy (non-hydrogen) atoms. The standard InChI is InChI=1S/C15H18N2O2/c18-15(19)13-11-7-3-4-8-12(11)16-14(13)17-9-5-1-2-6-10-17/h3-4,7-8,16H,1-2,5-6,9-10H2,(H,18,19). The molecule has 1 aromatic carbocycles. The molecule has 0 bridgehead atoms. The zero-order chi connectivity index (χ0) is 13.2. The summed E-state index contributed by atoms with van der Waals surface area (Å²) in [5, 5.41) is 10.3. The first kappa shape index (κ1) is 12.1. The van der Waals surface area contributed by atoms with Gasteiger partial charge in [-0.1, -0.05) is 31.0 Å². The summed E-state index contributed by atoms with van der Waals surface area (Å²) in [5.41, 5.74) is 1.32. The summed E-state index contributed by atoms with van der Waals surface area (Å²) >= 11 is 0. The molecule has 3 rings (SSSR count). The summed E-state index contributed by atoms with van der Waals surface area (Å²) in [5.74, 6) is -0.0766. The van der Waals surface area contributed by atoms with Gasteiger partial charge >= 0.3 is 5.97 Å². The van der Waals surface area contributed by atoms with Gasteiger partial charge in [0.2, 0.25) is 0 Å². The number of benzene rings is 1. The summed E-state index contributed by atoms with van der Waals surface area (Å²) in [4.78, 5) is 17.1. The van der Waals surface area contributed by atoms with Crippen LogP contribution in [-0.2, 0) is 0 Å². The molecule has 2 heterocycles. The van der Waals surface area contributed by atoms with Gasteiger partial charge in [-0.25, -0.2) is 4.79 Å². The Hall–Kier alpha value is -1.97. The van der Waals surface area contributed by atoms with Gasteiger partial charge in [0, 0.05) is 24.0 Å². The lowest BCUT2D eigenvalue weighted by atomic mass is 10.1. The van der Waals surface area contributed by atoms with Crippen molar-refractivity contribution in [2.24, 2.45) is 0 Å². The normalized spacial score (nSPS) is 16.5. The smallest absolute Gasteiger partial charge is 0.340 e. The number of hydrogen-bond acceptors (Lipinski definition) is 2. The Labute approximate surface area is 112 Å². The molecule has 100 valence electrons. The number of nitrogens with one attached hydrogen (secondary N) is 1. The van der Waals surface area contributed by atoms with Gasteiger partial charge in [0.1, 0.15) is 11.4 Å². The number of aromatic amines is 1. The van der Waals surface area contributed by atoms with Crippen LogP contribution in [0.25, 0.3) is 10.9 Å². The van der Waals surface area contributed by atoms with Crippen LogP contribution in [0.3, 0.4) is 0 Å². The van der Waals surface area contributed by atoms with E-state index in [1.165, 1.54) is 12.8 Å². The van der Waals surface area contributed by atoms with E-state index in [1.54, 1.807) is 0 Å². The van der Waals surface area contributed by atoms with Crippen molar-refractivity contribution in [2.45, 2.75) is 25.7 Å². The van der Waals surface area contributed by atoms with E-state index in [1.807, 2.05) is 24.3 Å². The summed E-state index contributed by atoms with van der Waals surface area (Å²) in [7, 11) is 0. The predicted octanol–water partition coefficient (Wildman–Crippen LogP) is 3.25. The van der Waals surface area contributed by atoms with E-state index in [4.69, 9.17) is 0 Å². The van der Waals surface area contributed by atoms with Crippen molar-refractivity contribution in [1.29, 1.82) is 0 Å². The summed E-state index contributed by atoms with van der Waals surface area (Å²) < 4.78 is 0. The molecule has 0 unspecified atom stereocenters. The molecule has 0 atom stereocenters. The van der Waals surface area contributed by atoms with Gasteiger partial charge < -0.3 is 15.0 Å². The third-order valence-corrected chi connectivity index (χ3v) is 3.82. The van der Waals surface area contributed by atoms with Gasteiger partial charge in [0.25, 0.3) is 0 Å². The largest absolute Gasteiger partial charge is 0.478 e. The zero-order valence-corrected chi connectivity index (χ0v) is 10.9. The van der Waals surface area contributed by atoms with Gasteiger partial charge in [0.05, 0.1) is 0 Å². The molecule has 0 radical (unpaired) electrons. The second-order valence-corrected chi connectivity index (χ2v) is 5.10. The van der Waals surface area contributed by atoms with Crippen molar-refractivity contribution in [1.82, 2.24) is 4.98 Å². The van der Waals surface area contributed by atoms with Gasteiger partial charge in [-0.3, -0.25) is 0 Å². The molecule has 0 aliphatic carbocycles. The minimum Gasteiger partial charge on any atom is -0.478 e. The van der Waals surface area contributed by atoms with Crippen LogP contribution in [0.15, 0.2) is 24.3 Å². The number of aromatic nitrogens is 1. The number of H-pyrrole nitrogens is 1. The zero-order valence-electron chi connectivity index (χ0n) is 10.9. The Balaban J connectivity index is 2.10. The minimum absolute atomic E-state index is 0.414. The van der Waals surface area contributed by atoms with Crippen molar-refractivity contribution >= 4 is 22.7 Å². The van der Waals surface area contributed by atoms with Crippen LogP contribution < -0.4 is 4.90 Å². The fourth-order valence-corrected chi connectivity index (χ4v) is 2.88. The summed E-state index contributed by atoms with van der Waals surface area (Å²) in [6.45, 7) is 1.88. The third kappa shape index (κ3) is 2.18. The Morgan fingerprint density at radius 3 is 2.47 bits per heavy atom. The van der Waals surface area contributed by atoms with Crippen LogP contribution in [0.2, 0.25) is 0 Å². The number of fused-ring (bicyclic) bond motifs is 1. The Morgan fingerprint density at radius 2 is 1.79 bits per heavy atom. The highest BCUT2D eigenvalue weighted by atomic mass is 16.4. The number of carboxylic acids is 1. The first-order valence-electron chi connectivity index (χ1n) is 6.86. The maximum absolute atomic E-state index is 11.6. The molecular weight excluding hydrogens is 240 g/mol. The second kappa shape index (κ2) is 4.96. The Bertz CT molecular complexity index is 595. The molecule has 4 heteroatoms. The van der Waals surface area contributed by atoms with Crippen LogP contribution in [-0.4, -0.2) is 29.1 Å². The molecule has 2 N–H and O–H groups in total. The highest BCUT2D eigenvalue weighted by Crippen LogP contribution is 2.30. The molecule has 0 saturated carbocycles. The van der Waals surface area contributed by atoms with Crippen molar-refractivity contribution in [2.75, 3.05) is 18.0 Å². The van der Waals surface area contributed by atoms with Gasteiger partial charge in [-0.2, -0.15) is 0 Å². The number of aromatic carboxylic acids is 1. The average molecular weight is 258 g/mol. The maximum atomic E-state index is 11.6. The fraction of sp³-hybridized carbons (Fsp3) is 0.400. The maximum Gasteiger partial charge on any atom is 0.340 e. The SMILES string of the molecule is O=C(O)c1c(N2CCCCCC2)[nH]c2ccccc12. The van der Waals surface area contributed by atoms with Crippen molar-refractivity contribution in [3.8, 4) is 0 Å². The van der Waals surface area contributed by atoms with Gasteiger partial charge in [-0.15, -0.1) is 0 Å². The van der Waals surface area contributed by atoms with E-state index in [9.17, 15) is 9.90 Å². The lowest BCUT2D eigenvalue weighted by Crippen LogP contribution is -2.25. The summed E-state index contributed by atoms with van der Waals surface area (Å²) in [6, 6.07) is 7.62. The molecule has 0 amide bonds. The topological polar surface area (TPSA) is 56.3 Å². The van der Waals surface area contributed by atoms with Crippen molar-refractivity contribution in [3.05, 3.63) is 29.8 Å². The van der Waals surface area contributed by atoms with E-state index < -0.39 is 5.97 Å². The number of rotatable bonds is 2. The monoisotopic (exact) mass is 258 g/mol. The molecule has 1 aliphatic rings. The second-order valence-electron chi connectivity index (χ2n) is 5.10. The summed E-state index contributed by atoms with van der Waals surface area (Å²) in [6.07, 6.45) is 4.74. The molecule has 4 nitrogen and oxygen atoms in total. The predicted molar refractivity (Wildman–Crippen MR) is 75.9 cm³/mol. The lowest BCUT2D eigenvalue weighted by molar-refractivity contribution is 0.0699. The van der Waals surface area contributed by atoms with Crippen LogP contribution in [0.5, 0.6) is 0 Å². The van der Waals surface area contributed by atoms with E-state index in [0.29, 0.717) is 5.56 Å². The fourth-order valence-electron chi connectivity index (χ4n) is 2.88. The van der Waals surface area contributed by atoms with Crippen molar-refractivity contribution in [3.63, 3.8) is 0 Å². The van der Waals surface area contributed by atoms with E-state index in [0.717, 1.165) is 42.7 Å². The molecule has 0 spiro atoms. The first-order valence-corrected chi connectivity index (χ1v) is 6.86. The van der Waals surface area contributed by atoms with E-state index in [2.05, 4.69) is 9.88 Å². The average Bonchev–Trinajstić information content (AvgIpc) is 2.59. The van der Waals surface area contributed by atoms with Gasteiger partial charge in [-0.05, 0) is 18.9 Å². The quantitative estimate of drug-likeness (QED) is 0.869. The molecule has 1 aromatic heterocycles. The van der Waals surface area contributed by atoms with Crippen LogP contribution in [0.1, 0.15) is 36.0 Å². The molecule has 2 aromatic rings. The molecule has 1 saturated heterocycles. The number of para-hydroxylation sites is 1. The Morgan fingerprint density at radius 1 is 1.11 bits per heavy atom. The van der Waals surface area contributed by atoms with E-state index in [-0.39, 0.29) is 0 Å². The van der Waals surface area contributed by atoms with Crippen LogP contribution in [0.4, 0.5) is 5.82 Å².